The van der Waals surface area contributed by atoms with E-state index in [4.69, 9.17) is 13.9 Å². The molecule has 2 atom stereocenters. The van der Waals surface area contributed by atoms with Crippen LogP contribution in [0, 0.1) is 0 Å². The Morgan fingerprint density at radius 1 is 1.25 bits per heavy atom. The third-order valence-electron chi connectivity index (χ3n) is 4.30. The van der Waals surface area contributed by atoms with E-state index < -0.39 is 29.9 Å². The lowest BCUT2D eigenvalue weighted by molar-refractivity contribution is -0.0105. The third kappa shape index (κ3) is 4.55. The van der Waals surface area contributed by atoms with Crippen LogP contribution in [0.2, 0.25) is 0 Å². The van der Waals surface area contributed by atoms with E-state index in [2.05, 4.69) is 4.74 Å². The average Bonchev–Trinajstić information content (AvgIpc) is 3.04. The minimum Gasteiger partial charge on any atom is -0.487 e. The van der Waals surface area contributed by atoms with Gasteiger partial charge >= 0.3 is 12.1 Å². The van der Waals surface area contributed by atoms with Gasteiger partial charge in [0.25, 0.3) is 0 Å². The van der Waals surface area contributed by atoms with Crippen molar-refractivity contribution >= 4 is 23.0 Å². The molecular formula is C20H24FNO6. The number of amides is 1. The molecular weight excluding hydrogens is 369 g/mol. The van der Waals surface area contributed by atoms with E-state index in [-0.39, 0.29) is 12.3 Å². The zero-order chi connectivity index (χ0) is 20.5. The quantitative estimate of drug-likeness (QED) is 0.735. The van der Waals surface area contributed by atoms with Gasteiger partial charge in [-0.25, -0.2) is 14.0 Å². The molecule has 2 aromatic rings. The number of ether oxygens (including phenoxy) is 3. The summed E-state index contributed by atoms with van der Waals surface area (Å²) in [6, 6.07) is 6.53. The average molecular weight is 393 g/mol. The first-order chi connectivity index (χ1) is 13.2. The number of hydrogen-bond donors (Lipinski definition) is 0. The Labute approximate surface area is 162 Å². The van der Waals surface area contributed by atoms with Crippen molar-refractivity contribution in [1.29, 1.82) is 0 Å². The molecule has 2 heterocycles. The summed E-state index contributed by atoms with van der Waals surface area (Å²) < 4.78 is 35.7. The Bertz CT molecular complexity index is 871. The van der Waals surface area contributed by atoms with Crippen molar-refractivity contribution in [3.8, 4) is 5.75 Å². The van der Waals surface area contributed by atoms with E-state index in [1.165, 1.54) is 12.0 Å². The number of nitrogens with zero attached hydrogens (tertiary/aromatic N) is 1. The van der Waals surface area contributed by atoms with E-state index in [0.717, 1.165) is 0 Å². The Morgan fingerprint density at radius 3 is 2.64 bits per heavy atom. The lowest BCUT2D eigenvalue weighted by Gasteiger charge is -2.35. The topological polar surface area (TPSA) is 78.2 Å². The fraction of sp³-hybridized carbons (Fsp3) is 0.500. The van der Waals surface area contributed by atoms with Gasteiger partial charge in [-0.3, -0.25) is 0 Å². The summed E-state index contributed by atoms with van der Waals surface area (Å²) in [5, 5.41) is 0.652. The van der Waals surface area contributed by atoms with Crippen LogP contribution in [0.25, 0.3) is 11.0 Å². The fourth-order valence-corrected chi connectivity index (χ4v) is 2.98. The second kappa shape index (κ2) is 7.69. The Morgan fingerprint density at radius 2 is 2.00 bits per heavy atom. The van der Waals surface area contributed by atoms with Crippen LogP contribution in [0.15, 0.2) is 28.7 Å². The first-order valence-corrected chi connectivity index (χ1v) is 9.07. The number of carbonyl (C=O) groups is 2. The molecule has 1 aromatic carbocycles. The SMILES string of the molecule is COC(=O)c1cc2cc(O[C@H]3CCN(C(=O)OC(C)(C)C)C[C@@H]3F)ccc2o1. The first-order valence-electron chi connectivity index (χ1n) is 9.07. The van der Waals surface area contributed by atoms with Gasteiger partial charge in [-0.15, -0.1) is 0 Å². The van der Waals surface area contributed by atoms with Crippen molar-refractivity contribution in [2.75, 3.05) is 20.2 Å². The number of piperidine rings is 1. The van der Waals surface area contributed by atoms with Crippen LogP contribution in [-0.4, -0.2) is 55.0 Å². The highest BCUT2D eigenvalue weighted by Gasteiger charge is 2.35. The van der Waals surface area contributed by atoms with Gasteiger partial charge < -0.3 is 23.5 Å². The van der Waals surface area contributed by atoms with Gasteiger partial charge in [0, 0.05) is 18.4 Å². The van der Waals surface area contributed by atoms with Crippen LogP contribution in [0.5, 0.6) is 5.75 Å². The molecule has 0 spiro atoms. The number of benzene rings is 1. The molecule has 0 aliphatic carbocycles. The summed E-state index contributed by atoms with van der Waals surface area (Å²) >= 11 is 0. The molecule has 1 fully saturated rings. The maximum atomic E-state index is 14.6. The van der Waals surface area contributed by atoms with Crippen molar-refractivity contribution in [3.05, 3.63) is 30.0 Å². The van der Waals surface area contributed by atoms with Gasteiger partial charge in [0.15, 0.2) is 6.17 Å². The van der Waals surface area contributed by atoms with Gasteiger partial charge in [0.05, 0.1) is 13.7 Å². The second-order valence-corrected chi connectivity index (χ2v) is 7.69. The number of alkyl halides is 1. The van der Waals surface area contributed by atoms with Gasteiger partial charge in [-0.2, -0.15) is 0 Å². The molecule has 8 heteroatoms. The summed E-state index contributed by atoms with van der Waals surface area (Å²) in [5.74, 6) is -0.0243. The van der Waals surface area contributed by atoms with E-state index in [1.807, 2.05) is 0 Å². The minimum absolute atomic E-state index is 0.0833. The molecule has 28 heavy (non-hydrogen) atoms. The standard InChI is InChI=1S/C20H24FNO6/c1-20(2,3)28-19(24)22-8-7-16(14(21)11-22)26-13-5-6-15-12(9-13)10-17(27-15)18(23)25-4/h5-6,9-10,14,16H,7-8,11H2,1-4H3/t14-,16-/m0/s1. The molecule has 1 saturated heterocycles. The highest BCUT2D eigenvalue weighted by molar-refractivity contribution is 5.92. The van der Waals surface area contributed by atoms with Crippen molar-refractivity contribution < 1.29 is 32.6 Å². The number of fused-ring (bicyclic) bond motifs is 1. The Balaban J connectivity index is 1.64. The highest BCUT2D eigenvalue weighted by Crippen LogP contribution is 2.28. The number of halogens is 1. The number of carbonyl (C=O) groups excluding carboxylic acids is 2. The molecule has 1 aliphatic heterocycles. The molecule has 0 unspecified atom stereocenters. The lowest BCUT2D eigenvalue weighted by atomic mass is 10.1. The zero-order valence-electron chi connectivity index (χ0n) is 16.4. The number of likely N-dealkylation sites (tertiary alicyclic amines) is 1. The number of hydrogen-bond acceptors (Lipinski definition) is 6. The van der Waals surface area contributed by atoms with E-state index >= 15 is 0 Å². The summed E-state index contributed by atoms with van der Waals surface area (Å²) in [6.07, 6.45) is -2.20. The van der Waals surface area contributed by atoms with Crippen LogP contribution in [-0.2, 0) is 9.47 Å². The van der Waals surface area contributed by atoms with Crippen LogP contribution >= 0.6 is 0 Å². The molecule has 152 valence electrons. The van der Waals surface area contributed by atoms with Crippen molar-refractivity contribution in [1.82, 2.24) is 4.90 Å². The van der Waals surface area contributed by atoms with E-state index in [1.54, 1.807) is 45.0 Å². The number of esters is 1. The largest absolute Gasteiger partial charge is 0.487 e. The molecule has 7 nitrogen and oxygen atoms in total. The van der Waals surface area contributed by atoms with Crippen molar-refractivity contribution in [3.63, 3.8) is 0 Å². The summed E-state index contributed by atoms with van der Waals surface area (Å²) in [4.78, 5) is 25.0. The third-order valence-corrected chi connectivity index (χ3v) is 4.30. The summed E-state index contributed by atoms with van der Waals surface area (Å²) in [7, 11) is 1.27. The number of methoxy groups -OCH3 is 1. The van der Waals surface area contributed by atoms with Crippen molar-refractivity contribution in [2.24, 2.45) is 0 Å². The highest BCUT2D eigenvalue weighted by atomic mass is 19.1. The normalized spacial score (nSPS) is 20.1. The maximum Gasteiger partial charge on any atom is 0.410 e. The Hall–Kier alpha value is -2.77. The van der Waals surface area contributed by atoms with Crippen LogP contribution < -0.4 is 4.74 Å². The zero-order valence-corrected chi connectivity index (χ0v) is 16.4. The van der Waals surface area contributed by atoms with E-state index in [0.29, 0.717) is 29.7 Å². The second-order valence-electron chi connectivity index (χ2n) is 7.69. The molecule has 1 amide bonds. The summed E-state index contributed by atoms with van der Waals surface area (Å²) in [5.41, 5.74) is -0.122. The predicted molar refractivity (Wildman–Crippen MR) is 99.3 cm³/mol. The molecule has 1 aromatic heterocycles. The summed E-state index contributed by atoms with van der Waals surface area (Å²) in [6.45, 7) is 5.57. The molecule has 0 radical (unpaired) electrons. The molecule has 0 N–H and O–H groups in total. The number of furan rings is 1. The van der Waals surface area contributed by atoms with Gasteiger partial charge in [0.2, 0.25) is 5.76 Å². The van der Waals surface area contributed by atoms with Crippen LogP contribution in [0.3, 0.4) is 0 Å². The molecule has 0 bridgehead atoms. The van der Waals surface area contributed by atoms with E-state index in [9.17, 15) is 14.0 Å². The maximum absolute atomic E-state index is 14.6. The fourth-order valence-electron chi connectivity index (χ4n) is 2.98. The van der Waals surface area contributed by atoms with Gasteiger partial charge in [-0.1, -0.05) is 0 Å². The van der Waals surface area contributed by atoms with Crippen molar-refractivity contribution in [2.45, 2.75) is 45.1 Å². The smallest absolute Gasteiger partial charge is 0.410 e. The molecule has 1 aliphatic rings. The first kappa shape index (κ1) is 20.0. The predicted octanol–water partition coefficient (Wildman–Crippen LogP) is 3.95. The Kier molecular flexibility index (Phi) is 5.49. The number of rotatable bonds is 3. The van der Waals surface area contributed by atoms with Crippen LogP contribution in [0.4, 0.5) is 9.18 Å². The molecule has 3 rings (SSSR count). The minimum atomic E-state index is -1.34. The van der Waals surface area contributed by atoms with Crippen LogP contribution in [0.1, 0.15) is 37.7 Å². The monoisotopic (exact) mass is 393 g/mol. The van der Waals surface area contributed by atoms with Gasteiger partial charge in [-0.05, 0) is 45.0 Å². The van der Waals surface area contributed by atoms with Gasteiger partial charge in [0.1, 0.15) is 23.0 Å². The molecule has 0 saturated carbocycles. The lowest BCUT2D eigenvalue weighted by Crippen LogP contribution is -2.50.